The lowest BCUT2D eigenvalue weighted by molar-refractivity contribution is -0.121. The molecule has 6 heterocycles. The predicted octanol–water partition coefficient (Wildman–Crippen LogP) is 11.5. The van der Waals surface area contributed by atoms with Crippen molar-refractivity contribution < 1.29 is 55.8 Å². The molecule has 4 amide bonds. The number of Topliss-reactive ketones (excluding diaryl/α,β-unsaturated/α-hetero) is 2. The molecule has 0 radical (unpaired) electrons. The Balaban J connectivity index is 0.000000231. The number of hydrogen-bond acceptors (Lipinski definition) is 17. The summed E-state index contributed by atoms with van der Waals surface area (Å²) in [6.45, 7) is 17.8. The molecule has 0 saturated carbocycles. The third-order valence-corrected chi connectivity index (χ3v) is 14.8. The SMILES string of the molecule is CC(C)c1cc(C(=O)N[C@@H](Cc2ccc(F)c(F)c2)C(=O)CCc2ccc3c(N(C(=O)OC(C)(C)C)C(=O)OC(C)(C)C)nccc3c2)nc2ncnn12.CC(C)c1cc(C(=O)N[C@@H](Cc2ccc(F)c(F)c2)C(=O)CCc2ccc3c(N)nccc3c2)nc2ncnn12. The zero-order valence-corrected chi connectivity index (χ0v) is 53.4. The van der Waals surface area contributed by atoms with Gasteiger partial charge in [0.1, 0.15) is 41.1 Å². The minimum Gasteiger partial charge on any atom is -0.443 e. The lowest BCUT2D eigenvalue weighted by Gasteiger charge is -2.28. The lowest BCUT2D eigenvalue weighted by atomic mass is 9.96. The summed E-state index contributed by atoms with van der Waals surface area (Å²) in [5.41, 5.74) is 7.93. The fraction of sp³-hybridized carbons (Fsp3) is 0.324. The third-order valence-electron chi connectivity index (χ3n) is 14.8. The number of amides is 4. The summed E-state index contributed by atoms with van der Waals surface area (Å²) in [5, 5.41) is 16.6. The number of nitrogen functional groups attached to an aromatic ring is 1. The Morgan fingerprint density at radius 3 is 1.36 bits per heavy atom. The van der Waals surface area contributed by atoms with E-state index in [4.69, 9.17) is 15.2 Å². The normalized spacial score (nSPS) is 12.4. The van der Waals surface area contributed by atoms with Crippen LogP contribution in [0, 0.1) is 23.3 Å². The van der Waals surface area contributed by atoms with Crippen LogP contribution in [0.25, 0.3) is 33.1 Å². The van der Waals surface area contributed by atoms with Gasteiger partial charge in [-0.1, -0.05) is 76.2 Å². The van der Waals surface area contributed by atoms with Crippen molar-refractivity contribution in [1.29, 1.82) is 0 Å². The van der Waals surface area contributed by atoms with E-state index in [9.17, 15) is 46.3 Å². The van der Waals surface area contributed by atoms with Gasteiger partial charge in [-0.15, -0.1) is 0 Å². The van der Waals surface area contributed by atoms with Gasteiger partial charge in [-0.05, 0) is 161 Å². The molecule has 0 aliphatic rings. The highest BCUT2D eigenvalue weighted by Crippen LogP contribution is 2.30. The maximum atomic E-state index is 14.2. The number of anilines is 2. The van der Waals surface area contributed by atoms with Gasteiger partial charge in [0.2, 0.25) is 0 Å². The fourth-order valence-electron chi connectivity index (χ4n) is 10.2. The number of ketones is 2. The molecular formula is C68H70F4N14O8. The fourth-order valence-corrected chi connectivity index (χ4v) is 10.2. The molecule has 0 bridgehead atoms. The number of pyridine rings is 2. The molecule has 22 nitrogen and oxygen atoms in total. The van der Waals surface area contributed by atoms with Gasteiger partial charge in [-0.25, -0.2) is 56.1 Å². The number of aryl methyl sites for hydroxylation is 2. The van der Waals surface area contributed by atoms with Crippen molar-refractivity contribution in [2.45, 2.75) is 143 Å². The lowest BCUT2D eigenvalue weighted by Crippen LogP contribution is -2.44. The van der Waals surface area contributed by atoms with Crippen LogP contribution in [0.3, 0.4) is 0 Å². The first-order valence-electron chi connectivity index (χ1n) is 30.2. The van der Waals surface area contributed by atoms with Crippen molar-refractivity contribution >= 4 is 80.3 Å². The van der Waals surface area contributed by atoms with Gasteiger partial charge in [0.25, 0.3) is 23.4 Å². The summed E-state index contributed by atoms with van der Waals surface area (Å²) in [4.78, 5) is 107. The summed E-state index contributed by atoms with van der Waals surface area (Å²) in [6, 6.07) is 22.2. The average molecular weight is 1290 g/mol. The van der Waals surface area contributed by atoms with Crippen LogP contribution in [-0.4, -0.2) is 108 Å². The minimum atomic E-state index is -1.12. The molecule has 94 heavy (non-hydrogen) atoms. The molecule has 10 aromatic rings. The van der Waals surface area contributed by atoms with Crippen LogP contribution in [0.4, 0.5) is 38.8 Å². The Morgan fingerprint density at radius 1 is 0.521 bits per heavy atom. The van der Waals surface area contributed by atoms with Crippen molar-refractivity contribution in [2.24, 2.45) is 0 Å². The number of nitrogens with one attached hydrogen (secondary N) is 2. The van der Waals surface area contributed by atoms with Crippen molar-refractivity contribution in [1.82, 2.24) is 59.8 Å². The highest BCUT2D eigenvalue weighted by molar-refractivity contribution is 6.14. The summed E-state index contributed by atoms with van der Waals surface area (Å²) in [7, 11) is 0. The molecule has 0 unspecified atom stereocenters. The van der Waals surface area contributed by atoms with Gasteiger partial charge in [0.15, 0.2) is 40.7 Å². The first kappa shape index (κ1) is 67.7. The highest BCUT2D eigenvalue weighted by atomic mass is 19.2. The van der Waals surface area contributed by atoms with E-state index in [1.807, 2.05) is 52.0 Å². The number of halogens is 4. The minimum absolute atomic E-state index is 0.00600. The second kappa shape index (κ2) is 28.5. The van der Waals surface area contributed by atoms with Gasteiger partial charge >= 0.3 is 12.2 Å². The summed E-state index contributed by atoms with van der Waals surface area (Å²) < 4.78 is 69.5. The molecule has 6 aromatic heterocycles. The molecular weight excluding hydrogens is 1220 g/mol. The quantitative estimate of drug-likeness (QED) is 0.0634. The summed E-state index contributed by atoms with van der Waals surface area (Å²) in [6.07, 6.45) is 4.40. The Morgan fingerprint density at radius 2 is 0.936 bits per heavy atom. The predicted molar refractivity (Wildman–Crippen MR) is 342 cm³/mol. The highest BCUT2D eigenvalue weighted by Gasteiger charge is 2.35. The second-order valence-electron chi connectivity index (χ2n) is 25.0. The number of nitrogens with zero attached hydrogens (tertiary/aromatic N) is 11. The van der Waals surface area contributed by atoms with Crippen LogP contribution in [-0.2, 0) is 44.7 Å². The molecule has 0 saturated heterocycles. The molecule has 2 atom stereocenters. The number of hydrogen-bond donors (Lipinski definition) is 3. The Kier molecular flexibility index (Phi) is 20.5. The van der Waals surface area contributed by atoms with E-state index in [2.05, 4.69) is 50.7 Å². The van der Waals surface area contributed by atoms with Crippen LogP contribution in [0.2, 0.25) is 0 Å². The smallest absolute Gasteiger partial charge is 0.425 e. The number of benzene rings is 4. The van der Waals surface area contributed by atoms with Gasteiger partial charge in [0.05, 0.1) is 23.5 Å². The third kappa shape index (κ3) is 16.7. The molecule has 488 valence electrons. The molecule has 26 heteroatoms. The van der Waals surface area contributed by atoms with Gasteiger partial charge in [0, 0.05) is 36.0 Å². The Hall–Kier alpha value is -10.7. The molecule has 0 aliphatic carbocycles. The van der Waals surface area contributed by atoms with Crippen molar-refractivity contribution in [3.63, 3.8) is 0 Å². The van der Waals surface area contributed by atoms with E-state index in [1.54, 1.807) is 88.7 Å². The number of rotatable bonds is 19. The molecule has 4 N–H and O–H groups in total. The van der Waals surface area contributed by atoms with E-state index in [0.717, 1.165) is 56.8 Å². The van der Waals surface area contributed by atoms with Crippen LogP contribution in [0.5, 0.6) is 0 Å². The average Bonchev–Trinajstić information content (AvgIpc) is 1.17. The first-order chi connectivity index (χ1) is 44.5. The number of imide groups is 1. The molecule has 0 aliphatic heterocycles. The topological polar surface area (TPSA) is 286 Å². The van der Waals surface area contributed by atoms with Gasteiger partial charge in [-0.2, -0.15) is 25.1 Å². The molecule has 4 aromatic carbocycles. The number of aromatic nitrogens is 10. The van der Waals surface area contributed by atoms with E-state index in [1.165, 1.54) is 35.5 Å². The standard InChI is InChI=1S/C39H43F2N7O6.C29H27F2N7O2/c1-22(2)31-20-30(46-35-43-21-44-48(31)35)34(50)45-29(19-24-10-13-27(40)28(41)18-24)32(49)14-11-23-9-12-26-25(17-23)15-16-42-33(26)47(36(51)53-38(3,4)5)37(52)54-39(6,7)8;1-16(2)25-14-24(37-29-34-15-35-38(25)29)28(40)36-23(13-18-4-7-21(30)22(31)12-18)26(39)8-5-17-3-6-20-19(11-17)9-10-33-27(20)32/h9-10,12-13,15-18,20-22,29H,11,14,19H2,1-8H3,(H,45,50);3-4,6-7,9-12,14-16,23H,5,8,13H2,1-2H3,(H2,32,33)(H,36,40)/t29-;23-/m00/s1. The van der Waals surface area contributed by atoms with Crippen molar-refractivity contribution in [3.8, 4) is 0 Å². The summed E-state index contributed by atoms with van der Waals surface area (Å²) in [5.74, 6) is -5.10. The second-order valence-corrected chi connectivity index (χ2v) is 25.0. The summed E-state index contributed by atoms with van der Waals surface area (Å²) >= 11 is 0. The first-order valence-corrected chi connectivity index (χ1v) is 30.2. The van der Waals surface area contributed by atoms with Crippen molar-refractivity contribution in [2.75, 3.05) is 10.6 Å². The molecule has 0 spiro atoms. The van der Waals surface area contributed by atoms with Crippen LogP contribution < -0.4 is 21.3 Å². The van der Waals surface area contributed by atoms with Crippen LogP contribution in [0.1, 0.15) is 149 Å². The number of ether oxygens (including phenoxy) is 2. The Bertz CT molecular complexity index is 4500. The monoisotopic (exact) mass is 1290 g/mol. The number of carbonyl (C=O) groups is 6. The van der Waals surface area contributed by atoms with E-state index in [0.29, 0.717) is 39.8 Å². The number of nitrogens with two attached hydrogens (primary N) is 1. The number of carbonyl (C=O) groups excluding carboxylic acids is 6. The van der Waals surface area contributed by atoms with Crippen molar-refractivity contribution in [3.05, 3.63) is 190 Å². The molecule has 10 rings (SSSR count). The van der Waals surface area contributed by atoms with Crippen LogP contribution >= 0.6 is 0 Å². The van der Waals surface area contributed by atoms with E-state index >= 15 is 0 Å². The molecule has 0 fully saturated rings. The zero-order chi connectivity index (χ0) is 67.9. The van der Waals surface area contributed by atoms with E-state index in [-0.39, 0.29) is 84.3 Å². The van der Waals surface area contributed by atoms with Gasteiger partial charge in [-0.3, -0.25) is 19.2 Å². The maximum absolute atomic E-state index is 14.2. The zero-order valence-electron chi connectivity index (χ0n) is 53.4. The largest absolute Gasteiger partial charge is 0.443 e. The number of fused-ring (bicyclic) bond motifs is 4. The van der Waals surface area contributed by atoms with Gasteiger partial charge < -0.3 is 25.8 Å². The Labute approximate surface area is 537 Å². The maximum Gasteiger partial charge on any atom is 0.425 e. The van der Waals surface area contributed by atoms with E-state index < -0.39 is 70.6 Å². The van der Waals surface area contributed by atoms with Crippen LogP contribution in [0.15, 0.2) is 122 Å².